The summed E-state index contributed by atoms with van der Waals surface area (Å²) < 4.78 is 27.0. The van der Waals surface area contributed by atoms with E-state index in [0.29, 0.717) is 34.1 Å². The maximum absolute atomic E-state index is 13.9. The van der Waals surface area contributed by atoms with Crippen LogP contribution in [0.25, 0.3) is 0 Å². The third-order valence-electron chi connectivity index (χ3n) is 4.65. The van der Waals surface area contributed by atoms with Crippen LogP contribution in [0.4, 0.5) is 10.1 Å². The molecule has 0 saturated heterocycles. The number of halogens is 2. The van der Waals surface area contributed by atoms with Gasteiger partial charge in [-0.25, -0.2) is 4.39 Å². The average molecular weight is 487 g/mol. The number of furan rings is 1. The summed E-state index contributed by atoms with van der Waals surface area (Å²) in [6.07, 6.45) is 1.58. The molecule has 4 rings (SSSR count). The minimum Gasteiger partial charge on any atom is -0.486 e. The van der Waals surface area contributed by atoms with Crippen molar-refractivity contribution in [2.24, 2.45) is 0 Å². The third kappa shape index (κ3) is 5.94. The lowest BCUT2D eigenvalue weighted by Crippen LogP contribution is -2.23. The van der Waals surface area contributed by atoms with Crippen molar-refractivity contribution in [2.75, 3.05) is 5.32 Å². The smallest absolute Gasteiger partial charge is 0.237 e. The van der Waals surface area contributed by atoms with E-state index < -0.39 is 11.1 Å². The zero-order valence-corrected chi connectivity index (χ0v) is 19.1. The summed E-state index contributed by atoms with van der Waals surface area (Å²) in [5.41, 5.74) is 0.129. The first kappa shape index (κ1) is 22.9. The van der Waals surface area contributed by atoms with E-state index in [4.69, 9.17) is 20.8 Å². The van der Waals surface area contributed by atoms with Gasteiger partial charge in [0.2, 0.25) is 5.91 Å². The molecule has 7 nitrogen and oxygen atoms in total. The topological polar surface area (TPSA) is 82.2 Å². The summed E-state index contributed by atoms with van der Waals surface area (Å²) >= 11 is 7.13. The first-order chi connectivity index (χ1) is 16.0. The number of hydrogen-bond acceptors (Lipinski definition) is 6. The fraction of sp³-hybridized carbons (Fsp3) is 0.174. The highest BCUT2D eigenvalue weighted by Crippen LogP contribution is 2.26. The van der Waals surface area contributed by atoms with Crippen molar-refractivity contribution in [1.82, 2.24) is 14.8 Å². The number of hydrogen-bond donors (Lipinski definition) is 1. The zero-order chi connectivity index (χ0) is 23.2. The van der Waals surface area contributed by atoms with Crippen LogP contribution in [0.2, 0.25) is 5.02 Å². The van der Waals surface area contributed by atoms with Gasteiger partial charge < -0.3 is 14.5 Å². The lowest BCUT2D eigenvalue weighted by atomic mass is 10.3. The molecule has 0 unspecified atom stereocenters. The van der Waals surface area contributed by atoms with Gasteiger partial charge in [-0.1, -0.05) is 35.5 Å². The number of nitrogens with zero attached hydrogens (tertiary/aromatic N) is 3. The molecule has 1 N–H and O–H groups in total. The summed E-state index contributed by atoms with van der Waals surface area (Å²) in [5.74, 6) is 1.06. The molecule has 10 heteroatoms. The van der Waals surface area contributed by atoms with Crippen molar-refractivity contribution < 1.29 is 18.3 Å². The van der Waals surface area contributed by atoms with Crippen molar-refractivity contribution in [3.63, 3.8) is 0 Å². The molecule has 0 fully saturated rings. The predicted molar refractivity (Wildman–Crippen MR) is 124 cm³/mol. The van der Waals surface area contributed by atoms with Crippen molar-refractivity contribution in [1.29, 1.82) is 0 Å². The lowest BCUT2D eigenvalue weighted by molar-refractivity contribution is -0.115. The van der Waals surface area contributed by atoms with Gasteiger partial charge in [-0.05, 0) is 55.5 Å². The SMILES string of the molecule is C[C@H](Sc1nnc(COc2ccc(Cl)cc2)n1Cc1ccco1)C(=O)Nc1ccccc1F. The summed E-state index contributed by atoms with van der Waals surface area (Å²) in [5, 5.41) is 11.7. The third-order valence-corrected chi connectivity index (χ3v) is 5.98. The molecule has 0 aliphatic rings. The molecular weight excluding hydrogens is 467 g/mol. The Kier molecular flexibility index (Phi) is 7.31. The predicted octanol–water partition coefficient (Wildman–Crippen LogP) is 5.41. The van der Waals surface area contributed by atoms with Crippen LogP contribution in [-0.2, 0) is 17.9 Å². The Morgan fingerprint density at radius 1 is 1.18 bits per heavy atom. The second-order valence-corrected chi connectivity index (χ2v) is 8.78. The molecule has 0 aliphatic carbocycles. The molecule has 4 aromatic rings. The van der Waals surface area contributed by atoms with Crippen molar-refractivity contribution >= 4 is 35.0 Å². The van der Waals surface area contributed by atoms with E-state index >= 15 is 0 Å². The van der Waals surface area contributed by atoms with Crippen LogP contribution in [0.3, 0.4) is 0 Å². The van der Waals surface area contributed by atoms with Gasteiger partial charge in [0.05, 0.1) is 23.7 Å². The van der Waals surface area contributed by atoms with Crippen LogP contribution in [0, 0.1) is 5.82 Å². The van der Waals surface area contributed by atoms with Gasteiger partial charge in [-0.3, -0.25) is 9.36 Å². The van der Waals surface area contributed by atoms with Crippen LogP contribution >= 0.6 is 23.4 Å². The molecule has 33 heavy (non-hydrogen) atoms. The number of carbonyl (C=O) groups excluding carboxylic acids is 1. The Labute approximate surface area is 198 Å². The van der Waals surface area contributed by atoms with Gasteiger partial charge in [-0.15, -0.1) is 10.2 Å². The Balaban J connectivity index is 1.49. The Morgan fingerprint density at radius 2 is 1.97 bits per heavy atom. The zero-order valence-electron chi connectivity index (χ0n) is 17.6. The van der Waals surface area contributed by atoms with E-state index in [9.17, 15) is 9.18 Å². The molecular formula is C23H20ClFN4O3S. The van der Waals surface area contributed by atoms with Crippen LogP contribution in [0.15, 0.2) is 76.5 Å². The number of amides is 1. The van der Waals surface area contributed by atoms with Crippen LogP contribution in [0.1, 0.15) is 18.5 Å². The van der Waals surface area contributed by atoms with Crippen molar-refractivity contribution in [3.05, 3.63) is 89.4 Å². The van der Waals surface area contributed by atoms with Gasteiger partial charge >= 0.3 is 0 Å². The largest absolute Gasteiger partial charge is 0.486 e. The van der Waals surface area contributed by atoms with Crippen molar-refractivity contribution in [2.45, 2.75) is 30.5 Å². The minimum absolute atomic E-state index is 0.129. The van der Waals surface area contributed by atoms with E-state index in [1.807, 2.05) is 10.6 Å². The fourth-order valence-corrected chi connectivity index (χ4v) is 3.91. The van der Waals surface area contributed by atoms with Gasteiger partial charge in [0.15, 0.2) is 11.0 Å². The van der Waals surface area contributed by atoms with Gasteiger partial charge in [-0.2, -0.15) is 0 Å². The highest BCUT2D eigenvalue weighted by molar-refractivity contribution is 8.00. The van der Waals surface area contributed by atoms with Crippen LogP contribution < -0.4 is 10.1 Å². The van der Waals surface area contributed by atoms with E-state index in [1.54, 1.807) is 55.7 Å². The maximum Gasteiger partial charge on any atom is 0.237 e. The highest BCUT2D eigenvalue weighted by atomic mass is 35.5. The van der Waals surface area contributed by atoms with Gasteiger partial charge in [0.1, 0.15) is 23.9 Å². The second kappa shape index (κ2) is 10.5. The van der Waals surface area contributed by atoms with Gasteiger partial charge in [0.25, 0.3) is 0 Å². The number of aromatic nitrogens is 3. The molecule has 2 aromatic carbocycles. The van der Waals surface area contributed by atoms with Gasteiger partial charge in [0, 0.05) is 5.02 Å². The van der Waals surface area contributed by atoms with E-state index in [-0.39, 0.29) is 18.2 Å². The minimum atomic E-state index is -0.561. The van der Waals surface area contributed by atoms with E-state index in [2.05, 4.69) is 15.5 Å². The first-order valence-corrected chi connectivity index (χ1v) is 11.3. The second-order valence-electron chi connectivity index (χ2n) is 7.04. The quantitative estimate of drug-likeness (QED) is 0.318. The monoisotopic (exact) mass is 486 g/mol. The van der Waals surface area contributed by atoms with Crippen LogP contribution in [-0.4, -0.2) is 25.9 Å². The number of thioether (sulfide) groups is 1. The number of para-hydroxylation sites is 1. The summed E-state index contributed by atoms with van der Waals surface area (Å²) in [4.78, 5) is 12.6. The summed E-state index contributed by atoms with van der Waals surface area (Å²) in [7, 11) is 0. The number of ether oxygens (including phenoxy) is 1. The number of nitrogens with one attached hydrogen (secondary N) is 1. The molecule has 0 bridgehead atoms. The standard InChI is InChI=1S/C23H20ClFN4O3S/c1-15(22(30)26-20-7-3-2-6-19(20)25)33-23-28-27-21(29(23)13-18-5-4-12-31-18)14-32-17-10-8-16(24)9-11-17/h2-12,15H,13-14H2,1H3,(H,26,30)/t15-/m0/s1. The molecule has 1 atom stereocenters. The van der Waals surface area contributed by atoms with Crippen molar-refractivity contribution in [3.8, 4) is 5.75 Å². The summed E-state index contributed by atoms with van der Waals surface area (Å²) in [6, 6.07) is 16.7. The maximum atomic E-state index is 13.9. The molecule has 2 heterocycles. The summed E-state index contributed by atoms with van der Waals surface area (Å²) in [6.45, 7) is 2.24. The molecule has 170 valence electrons. The molecule has 2 aromatic heterocycles. The molecule has 0 saturated carbocycles. The molecule has 0 spiro atoms. The van der Waals surface area contributed by atoms with E-state index in [1.165, 1.54) is 23.9 Å². The van der Waals surface area contributed by atoms with E-state index in [0.717, 1.165) is 0 Å². The first-order valence-electron chi connectivity index (χ1n) is 10.0. The number of anilines is 1. The highest BCUT2D eigenvalue weighted by Gasteiger charge is 2.22. The molecule has 1 amide bonds. The lowest BCUT2D eigenvalue weighted by Gasteiger charge is -2.14. The molecule has 0 aliphatic heterocycles. The Hall–Kier alpha value is -3.30. The number of benzene rings is 2. The normalized spacial score (nSPS) is 11.8. The molecule has 0 radical (unpaired) electrons. The Morgan fingerprint density at radius 3 is 2.70 bits per heavy atom. The fourth-order valence-electron chi connectivity index (χ4n) is 2.92. The average Bonchev–Trinajstić information content (AvgIpc) is 3.46. The van der Waals surface area contributed by atoms with Crippen LogP contribution in [0.5, 0.6) is 5.75 Å². The number of carbonyl (C=O) groups is 1. The Bertz CT molecular complexity index is 1210. The number of rotatable bonds is 9.